The van der Waals surface area contributed by atoms with Crippen LogP contribution in [0.15, 0.2) is 22.7 Å². The predicted molar refractivity (Wildman–Crippen MR) is 82.0 cm³/mol. The third kappa shape index (κ3) is 3.07. The Kier molecular flexibility index (Phi) is 4.68. The minimum atomic E-state index is 0.0826. The standard InChI is InChI=1S/C15H23BrN2/c1-3-12-6-8-18(9-7-12)13-4-5-14(11(2)17)15(16)10-13/h4-5,10-12H,3,6-9,17H2,1-2H3/t11-/m1/s1. The average molecular weight is 311 g/mol. The maximum Gasteiger partial charge on any atom is 0.0377 e. The van der Waals surface area contributed by atoms with Crippen LogP contribution in [0.3, 0.4) is 0 Å². The fraction of sp³-hybridized carbons (Fsp3) is 0.600. The van der Waals surface area contributed by atoms with Crippen molar-refractivity contribution >= 4 is 21.6 Å². The molecule has 1 saturated heterocycles. The summed E-state index contributed by atoms with van der Waals surface area (Å²) in [7, 11) is 0. The van der Waals surface area contributed by atoms with Gasteiger partial charge in [-0.2, -0.15) is 0 Å². The van der Waals surface area contributed by atoms with Crippen LogP contribution >= 0.6 is 15.9 Å². The summed E-state index contributed by atoms with van der Waals surface area (Å²) in [5.74, 6) is 0.924. The Balaban J connectivity index is 2.08. The molecular formula is C15H23BrN2. The van der Waals surface area contributed by atoms with Crippen molar-refractivity contribution in [2.24, 2.45) is 11.7 Å². The second-order valence-corrected chi connectivity index (χ2v) is 6.19. The molecule has 0 amide bonds. The van der Waals surface area contributed by atoms with Crippen LogP contribution in [0.5, 0.6) is 0 Å². The number of hydrogen-bond donors (Lipinski definition) is 1. The minimum absolute atomic E-state index is 0.0826. The molecule has 0 bridgehead atoms. The molecule has 1 fully saturated rings. The average Bonchev–Trinajstić information content (AvgIpc) is 2.38. The van der Waals surface area contributed by atoms with Gasteiger partial charge in [0.1, 0.15) is 0 Å². The second kappa shape index (κ2) is 6.07. The van der Waals surface area contributed by atoms with E-state index in [2.05, 4.69) is 46.0 Å². The van der Waals surface area contributed by atoms with Crippen molar-refractivity contribution < 1.29 is 0 Å². The zero-order valence-electron chi connectivity index (χ0n) is 11.3. The first kappa shape index (κ1) is 13.9. The minimum Gasteiger partial charge on any atom is -0.371 e. The maximum absolute atomic E-state index is 5.94. The molecule has 0 unspecified atom stereocenters. The Bertz CT molecular complexity index is 395. The molecule has 18 heavy (non-hydrogen) atoms. The first-order valence-electron chi connectivity index (χ1n) is 6.91. The van der Waals surface area contributed by atoms with Gasteiger partial charge in [-0.05, 0) is 43.4 Å². The van der Waals surface area contributed by atoms with Gasteiger partial charge >= 0.3 is 0 Å². The van der Waals surface area contributed by atoms with Gasteiger partial charge in [0.2, 0.25) is 0 Å². The lowest BCUT2D eigenvalue weighted by molar-refractivity contribution is 0.395. The van der Waals surface area contributed by atoms with Crippen LogP contribution in [0.1, 0.15) is 44.7 Å². The summed E-state index contributed by atoms with van der Waals surface area (Å²) >= 11 is 3.63. The van der Waals surface area contributed by atoms with Crippen molar-refractivity contribution in [1.29, 1.82) is 0 Å². The number of rotatable bonds is 3. The first-order valence-corrected chi connectivity index (χ1v) is 7.71. The van der Waals surface area contributed by atoms with Crippen LogP contribution in [-0.4, -0.2) is 13.1 Å². The Labute approximate surface area is 119 Å². The Morgan fingerprint density at radius 2 is 2.06 bits per heavy atom. The third-order valence-corrected chi connectivity index (χ3v) is 4.72. The van der Waals surface area contributed by atoms with Crippen molar-refractivity contribution in [2.75, 3.05) is 18.0 Å². The summed E-state index contributed by atoms with van der Waals surface area (Å²) in [5.41, 5.74) is 8.44. The lowest BCUT2D eigenvalue weighted by Gasteiger charge is -2.33. The van der Waals surface area contributed by atoms with Crippen molar-refractivity contribution in [3.8, 4) is 0 Å². The van der Waals surface area contributed by atoms with E-state index in [1.165, 1.54) is 43.6 Å². The number of anilines is 1. The summed E-state index contributed by atoms with van der Waals surface area (Å²) < 4.78 is 1.13. The molecule has 2 nitrogen and oxygen atoms in total. The van der Waals surface area contributed by atoms with Crippen LogP contribution in [0.2, 0.25) is 0 Å². The van der Waals surface area contributed by atoms with E-state index >= 15 is 0 Å². The van der Waals surface area contributed by atoms with Gasteiger partial charge in [-0.25, -0.2) is 0 Å². The summed E-state index contributed by atoms with van der Waals surface area (Å²) in [6.45, 7) is 6.69. The number of benzene rings is 1. The zero-order valence-corrected chi connectivity index (χ0v) is 12.9. The molecule has 0 saturated carbocycles. The molecular weight excluding hydrogens is 288 g/mol. The molecule has 1 aromatic carbocycles. The van der Waals surface area contributed by atoms with Gasteiger partial charge in [0.15, 0.2) is 0 Å². The van der Waals surface area contributed by atoms with Gasteiger partial charge < -0.3 is 10.6 Å². The normalized spacial score (nSPS) is 19.0. The SMILES string of the molecule is CCC1CCN(c2ccc([C@@H](C)N)c(Br)c2)CC1. The summed E-state index contributed by atoms with van der Waals surface area (Å²) in [4.78, 5) is 2.49. The number of nitrogens with two attached hydrogens (primary N) is 1. The molecule has 0 radical (unpaired) electrons. The quantitative estimate of drug-likeness (QED) is 0.911. The van der Waals surface area contributed by atoms with E-state index in [0.29, 0.717) is 0 Å². The highest BCUT2D eigenvalue weighted by atomic mass is 79.9. The summed E-state index contributed by atoms with van der Waals surface area (Å²) in [6, 6.07) is 6.65. The Hall–Kier alpha value is -0.540. The highest BCUT2D eigenvalue weighted by Gasteiger charge is 2.18. The molecule has 0 spiro atoms. The van der Waals surface area contributed by atoms with Gasteiger partial charge in [0.05, 0.1) is 0 Å². The summed E-state index contributed by atoms with van der Waals surface area (Å²) in [6.07, 6.45) is 3.97. The highest BCUT2D eigenvalue weighted by Crippen LogP contribution is 2.30. The van der Waals surface area contributed by atoms with Crippen LogP contribution in [0.4, 0.5) is 5.69 Å². The molecule has 2 N–H and O–H groups in total. The van der Waals surface area contributed by atoms with Crippen LogP contribution < -0.4 is 10.6 Å². The van der Waals surface area contributed by atoms with E-state index in [1.54, 1.807) is 0 Å². The lowest BCUT2D eigenvalue weighted by atomic mass is 9.94. The molecule has 2 rings (SSSR count). The number of nitrogens with zero attached hydrogens (tertiary/aromatic N) is 1. The highest BCUT2D eigenvalue weighted by molar-refractivity contribution is 9.10. The fourth-order valence-corrected chi connectivity index (χ4v) is 3.41. The van der Waals surface area contributed by atoms with Gasteiger partial charge in [-0.15, -0.1) is 0 Å². The topological polar surface area (TPSA) is 29.3 Å². The van der Waals surface area contributed by atoms with Gasteiger partial charge in [0, 0.05) is 29.3 Å². The van der Waals surface area contributed by atoms with Gasteiger partial charge in [0.25, 0.3) is 0 Å². The molecule has 1 heterocycles. The molecule has 1 atom stereocenters. The third-order valence-electron chi connectivity index (χ3n) is 4.03. The lowest BCUT2D eigenvalue weighted by Crippen LogP contribution is -2.33. The van der Waals surface area contributed by atoms with Crippen LogP contribution in [0, 0.1) is 5.92 Å². The number of halogens is 1. The van der Waals surface area contributed by atoms with Crippen LogP contribution in [0.25, 0.3) is 0 Å². The van der Waals surface area contributed by atoms with E-state index in [9.17, 15) is 0 Å². The monoisotopic (exact) mass is 310 g/mol. The van der Waals surface area contributed by atoms with E-state index in [1.807, 2.05) is 6.92 Å². The van der Waals surface area contributed by atoms with E-state index < -0.39 is 0 Å². The van der Waals surface area contributed by atoms with Crippen molar-refractivity contribution in [3.05, 3.63) is 28.2 Å². The number of hydrogen-bond acceptors (Lipinski definition) is 2. The Morgan fingerprint density at radius 3 is 2.56 bits per heavy atom. The number of piperidine rings is 1. The second-order valence-electron chi connectivity index (χ2n) is 5.33. The first-order chi connectivity index (χ1) is 8.61. The largest absolute Gasteiger partial charge is 0.371 e. The molecule has 0 aliphatic carbocycles. The zero-order chi connectivity index (χ0) is 13.1. The van der Waals surface area contributed by atoms with E-state index in [4.69, 9.17) is 5.73 Å². The van der Waals surface area contributed by atoms with Gasteiger partial charge in [-0.1, -0.05) is 35.3 Å². The predicted octanol–water partition coefficient (Wildman–Crippen LogP) is 4.10. The van der Waals surface area contributed by atoms with E-state index in [-0.39, 0.29) is 6.04 Å². The summed E-state index contributed by atoms with van der Waals surface area (Å²) in [5, 5.41) is 0. The fourth-order valence-electron chi connectivity index (χ4n) is 2.68. The molecule has 1 aliphatic rings. The molecule has 3 heteroatoms. The maximum atomic E-state index is 5.94. The Morgan fingerprint density at radius 1 is 1.39 bits per heavy atom. The van der Waals surface area contributed by atoms with Gasteiger partial charge in [-0.3, -0.25) is 0 Å². The van der Waals surface area contributed by atoms with Crippen molar-refractivity contribution in [2.45, 2.75) is 39.2 Å². The van der Waals surface area contributed by atoms with Crippen molar-refractivity contribution in [3.63, 3.8) is 0 Å². The molecule has 100 valence electrons. The van der Waals surface area contributed by atoms with Crippen LogP contribution in [-0.2, 0) is 0 Å². The smallest absolute Gasteiger partial charge is 0.0377 e. The van der Waals surface area contributed by atoms with Crippen molar-refractivity contribution in [1.82, 2.24) is 0 Å². The van der Waals surface area contributed by atoms with E-state index in [0.717, 1.165) is 10.4 Å². The molecule has 1 aliphatic heterocycles. The molecule has 1 aromatic rings. The molecule has 0 aromatic heterocycles.